The average Bonchev–Trinajstić information content (AvgIpc) is 3.18. The van der Waals surface area contributed by atoms with Gasteiger partial charge >= 0.3 is 6.01 Å². The molecule has 0 spiro atoms. The number of amides is 1. The van der Waals surface area contributed by atoms with E-state index in [-0.39, 0.29) is 5.91 Å². The van der Waals surface area contributed by atoms with Crippen molar-refractivity contribution in [3.05, 3.63) is 53.7 Å². The molecule has 1 amide bonds. The quantitative estimate of drug-likeness (QED) is 0.498. The number of rotatable bonds is 7. The normalized spacial score (nSPS) is 20.5. The van der Waals surface area contributed by atoms with Crippen LogP contribution in [0.4, 0.5) is 11.5 Å². The summed E-state index contributed by atoms with van der Waals surface area (Å²) in [5.74, 6) is 1.97. The average molecular weight is 533 g/mol. The Labute approximate surface area is 233 Å². The number of piperazine rings is 1. The van der Waals surface area contributed by atoms with E-state index in [1.165, 1.54) is 35.7 Å². The minimum atomic E-state index is -0.00286. The SMILES string of the molecule is C=CC(=O)N1CCN(c2nc(OC[C@@H]3CCCN(C)C3)nc3c2CCCN(c2cccc(C(C)C)c2)C3)CC1. The molecule has 210 valence electrons. The largest absolute Gasteiger partial charge is 0.463 e. The van der Waals surface area contributed by atoms with Gasteiger partial charge in [-0.3, -0.25) is 4.79 Å². The van der Waals surface area contributed by atoms with E-state index < -0.39 is 0 Å². The first-order chi connectivity index (χ1) is 18.9. The Bertz CT molecular complexity index is 1160. The second-order valence-corrected chi connectivity index (χ2v) is 11.6. The number of hydrogen-bond donors (Lipinski definition) is 0. The zero-order valence-electron chi connectivity index (χ0n) is 23.9. The van der Waals surface area contributed by atoms with Crippen molar-refractivity contribution in [1.29, 1.82) is 0 Å². The maximum absolute atomic E-state index is 12.2. The molecule has 39 heavy (non-hydrogen) atoms. The minimum absolute atomic E-state index is 0.00286. The number of benzene rings is 1. The van der Waals surface area contributed by atoms with Crippen molar-refractivity contribution in [3.8, 4) is 6.01 Å². The number of carbonyl (C=O) groups is 1. The van der Waals surface area contributed by atoms with Crippen LogP contribution in [0.15, 0.2) is 36.9 Å². The number of nitrogens with zero attached hydrogens (tertiary/aromatic N) is 6. The standard InChI is InChI=1S/C31H44N6O2/c1-5-29(38)35-15-17-36(18-16-35)30-27-12-8-14-37(26-11-6-10-25(19-26)23(2)3)21-28(27)32-31(33-30)39-22-24-9-7-13-34(4)20-24/h5-6,10-11,19,23-24H,1,7-9,12-18,20-22H2,2-4H3/t24-/m1/s1. The van der Waals surface area contributed by atoms with Gasteiger partial charge in [-0.2, -0.15) is 9.97 Å². The molecule has 3 aliphatic heterocycles. The van der Waals surface area contributed by atoms with E-state index in [4.69, 9.17) is 14.7 Å². The molecule has 4 heterocycles. The first-order valence-electron chi connectivity index (χ1n) is 14.6. The molecule has 0 aliphatic carbocycles. The van der Waals surface area contributed by atoms with E-state index in [1.807, 2.05) is 4.90 Å². The molecule has 0 bridgehead atoms. The maximum atomic E-state index is 12.2. The molecule has 1 atom stereocenters. The molecule has 0 radical (unpaired) electrons. The van der Waals surface area contributed by atoms with E-state index in [1.54, 1.807) is 0 Å². The Morgan fingerprint density at radius 1 is 1.10 bits per heavy atom. The van der Waals surface area contributed by atoms with Crippen LogP contribution in [0.2, 0.25) is 0 Å². The molecule has 5 rings (SSSR count). The summed E-state index contributed by atoms with van der Waals surface area (Å²) in [5, 5.41) is 0. The first kappa shape index (κ1) is 27.4. The Hall–Kier alpha value is -3.13. The summed E-state index contributed by atoms with van der Waals surface area (Å²) in [6.07, 6.45) is 5.77. The number of hydrogen-bond acceptors (Lipinski definition) is 7. The van der Waals surface area contributed by atoms with Crippen LogP contribution in [-0.4, -0.2) is 85.1 Å². The zero-order valence-corrected chi connectivity index (χ0v) is 23.9. The van der Waals surface area contributed by atoms with Crippen molar-refractivity contribution in [2.45, 2.75) is 52.0 Å². The Morgan fingerprint density at radius 3 is 2.67 bits per heavy atom. The predicted octanol–water partition coefficient (Wildman–Crippen LogP) is 4.11. The van der Waals surface area contributed by atoms with Crippen LogP contribution < -0.4 is 14.5 Å². The fourth-order valence-electron chi connectivity index (χ4n) is 6.08. The van der Waals surface area contributed by atoms with Crippen molar-refractivity contribution in [3.63, 3.8) is 0 Å². The van der Waals surface area contributed by atoms with Crippen molar-refractivity contribution < 1.29 is 9.53 Å². The molecule has 8 nitrogen and oxygen atoms in total. The zero-order chi connectivity index (χ0) is 27.4. The number of fused-ring (bicyclic) bond motifs is 1. The monoisotopic (exact) mass is 532 g/mol. The number of piperidine rings is 1. The number of likely N-dealkylation sites (tertiary alicyclic amines) is 1. The predicted molar refractivity (Wildman–Crippen MR) is 157 cm³/mol. The van der Waals surface area contributed by atoms with Gasteiger partial charge < -0.3 is 24.3 Å². The summed E-state index contributed by atoms with van der Waals surface area (Å²) in [6.45, 7) is 15.5. The van der Waals surface area contributed by atoms with E-state index in [0.29, 0.717) is 37.5 Å². The van der Waals surface area contributed by atoms with Crippen LogP contribution in [0.3, 0.4) is 0 Å². The topological polar surface area (TPSA) is 65.0 Å². The van der Waals surface area contributed by atoms with Crippen LogP contribution >= 0.6 is 0 Å². The molecule has 0 unspecified atom stereocenters. The summed E-state index contributed by atoms with van der Waals surface area (Å²) in [4.78, 5) is 31.2. The van der Waals surface area contributed by atoms with Crippen molar-refractivity contribution in [2.75, 3.05) is 69.3 Å². The van der Waals surface area contributed by atoms with E-state index in [2.05, 4.69) is 66.4 Å². The van der Waals surface area contributed by atoms with Crippen LogP contribution in [0, 0.1) is 5.92 Å². The maximum Gasteiger partial charge on any atom is 0.318 e. The summed E-state index contributed by atoms with van der Waals surface area (Å²) in [7, 11) is 2.18. The van der Waals surface area contributed by atoms with Gasteiger partial charge in [0.15, 0.2) is 0 Å². The summed E-state index contributed by atoms with van der Waals surface area (Å²) < 4.78 is 6.33. The lowest BCUT2D eigenvalue weighted by Gasteiger charge is -2.36. The molecule has 3 aliphatic rings. The van der Waals surface area contributed by atoms with Gasteiger partial charge in [-0.1, -0.05) is 32.6 Å². The smallest absolute Gasteiger partial charge is 0.318 e. The number of ether oxygens (including phenoxy) is 1. The van der Waals surface area contributed by atoms with E-state index in [9.17, 15) is 4.79 Å². The molecule has 8 heteroatoms. The lowest BCUT2D eigenvalue weighted by molar-refractivity contribution is -0.126. The second-order valence-electron chi connectivity index (χ2n) is 11.6. The third-order valence-corrected chi connectivity index (χ3v) is 8.38. The van der Waals surface area contributed by atoms with Crippen molar-refractivity contribution in [1.82, 2.24) is 19.8 Å². The van der Waals surface area contributed by atoms with Gasteiger partial charge in [0, 0.05) is 56.4 Å². The molecule has 0 N–H and O–H groups in total. The first-order valence-corrected chi connectivity index (χ1v) is 14.6. The summed E-state index contributed by atoms with van der Waals surface area (Å²) >= 11 is 0. The fourth-order valence-corrected chi connectivity index (χ4v) is 6.08. The van der Waals surface area contributed by atoms with Crippen LogP contribution in [-0.2, 0) is 17.8 Å². The van der Waals surface area contributed by atoms with Gasteiger partial charge in [0.2, 0.25) is 5.91 Å². The summed E-state index contributed by atoms with van der Waals surface area (Å²) in [6, 6.07) is 9.41. The fraction of sp³-hybridized carbons (Fsp3) is 0.581. The molecular weight excluding hydrogens is 488 g/mol. The lowest BCUT2D eigenvalue weighted by Crippen LogP contribution is -2.49. The third kappa shape index (κ3) is 6.55. The molecule has 0 saturated carbocycles. The molecule has 1 aromatic carbocycles. The van der Waals surface area contributed by atoms with Gasteiger partial charge in [-0.15, -0.1) is 0 Å². The Morgan fingerprint density at radius 2 is 1.92 bits per heavy atom. The molecule has 2 aromatic rings. The minimum Gasteiger partial charge on any atom is -0.463 e. The number of anilines is 2. The lowest BCUT2D eigenvalue weighted by atomic mass is 10.00. The highest BCUT2D eigenvalue weighted by Gasteiger charge is 2.28. The van der Waals surface area contributed by atoms with E-state index in [0.717, 1.165) is 63.6 Å². The summed E-state index contributed by atoms with van der Waals surface area (Å²) in [5.41, 5.74) is 4.89. The van der Waals surface area contributed by atoms with Gasteiger partial charge in [0.25, 0.3) is 0 Å². The van der Waals surface area contributed by atoms with Gasteiger partial charge in [0.1, 0.15) is 5.82 Å². The Balaban J connectivity index is 1.42. The van der Waals surface area contributed by atoms with Gasteiger partial charge in [-0.05, 0) is 69.0 Å². The number of carbonyl (C=O) groups excluding carboxylic acids is 1. The van der Waals surface area contributed by atoms with Crippen LogP contribution in [0.5, 0.6) is 6.01 Å². The van der Waals surface area contributed by atoms with Crippen LogP contribution in [0.1, 0.15) is 55.8 Å². The van der Waals surface area contributed by atoms with Gasteiger partial charge in [0.05, 0.1) is 18.8 Å². The second kappa shape index (κ2) is 12.4. The van der Waals surface area contributed by atoms with Crippen LogP contribution in [0.25, 0.3) is 0 Å². The van der Waals surface area contributed by atoms with Crippen molar-refractivity contribution in [2.24, 2.45) is 5.92 Å². The number of aromatic nitrogens is 2. The molecular formula is C31H44N6O2. The Kier molecular flexibility index (Phi) is 8.70. The highest BCUT2D eigenvalue weighted by atomic mass is 16.5. The third-order valence-electron chi connectivity index (χ3n) is 8.38. The highest BCUT2D eigenvalue weighted by Crippen LogP contribution is 2.32. The highest BCUT2D eigenvalue weighted by molar-refractivity contribution is 5.87. The molecule has 1 aromatic heterocycles. The molecule has 2 fully saturated rings. The van der Waals surface area contributed by atoms with Crippen molar-refractivity contribution >= 4 is 17.4 Å². The van der Waals surface area contributed by atoms with E-state index >= 15 is 0 Å². The van der Waals surface area contributed by atoms with Gasteiger partial charge in [-0.25, -0.2) is 0 Å². The molecule has 2 saturated heterocycles.